The molecule has 1 saturated carbocycles. The van der Waals surface area contributed by atoms with Crippen molar-refractivity contribution in [2.24, 2.45) is 5.92 Å². The summed E-state index contributed by atoms with van der Waals surface area (Å²) in [6, 6.07) is 10.2. The second-order valence-corrected chi connectivity index (χ2v) is 4.53. The highest BCUT2D eigenvalue weighted by Gasteiger charge is 2.36. The van der Waals surface area contributed by atoms with E-state index in [4.69, 9.17) is 4.74 Å². The molecule has 1 fully saturated rings. The molecule has 1 atom stereocenters. The number of hydrogen-bond acceptors (Lipinski definition) is 3. The van der Waals surface area contributed by atoms with Gasteiger partial charge in [-0.1, -0.05) is 30.3 Å². The molecule has 1 aliphatic rings. The van der Waals surface area contributed by atoms with E-state index in [0.717, 1.165) is 25.8 Å². The van der Waals surface area contributed by atoms with E-state index >= 15 is 0 Å². The Hall–Kier alpha value is -1.35. The average molecular weight is 233 g/mol. The van der Waals surface area contributed by atoms with Gasteiger partial charge in [0, 0.05) is 0 Å². The van der Waals surface area contributed by atoms with E-state index < -0.39 is 0 Å². The van der Waals surface area contributed by atoms with Gasteiger partial charge in [-0.05, 0) is 37.3 Å². The number of ether oxygens (including phenoxy) is 1. The van der Waals surface area contributed by atoms with Crippen molar-refractivity contribution in [1.82, 2.24) is 5.32 Å². The molecular formula is C14H19NO2. The number of carbonyl (C=O) groups excluding carboxylic acids is 1. The van der Waals surface area contributed by atoms with Crippen molar-refractivity contribution >= 4 is 5.97 Å². The van der Waals surface area contributed by atoms with Gasteiger partial charge in [0.1, 0.15) is 6.04 Å². The van der Waals surface area contributed by atoms with Crippen LogP contribution in [0.2, 0.25) is 0 Å². The molecule has 1 N–H and O–H groups in total. The van der Waals surface area contributed by atoms with E-state index in [1.165, 1.54) is 12.7 Å². The van der Waals surface area contributed by atoms with Crippen molar-refractivity contribution < 1.29 is 9.53 Å². The number of nitrogens with one attached hydrogen (secondary N) is 1. The topological polar surface area (TPSA) is 38.3 Å². The monoisotopic (exact) mass is 233 g/mol. The molecule has 0 spiro atoms. The van der Waals surface area contributed by atoms with Gasteiger partial charge < -0.3 is 10.1 Å². The Morgan fingerprint density at radius 2 is 2.12 bits per heavy atom. The normalized spacial score (nSPS) is 16.5. The van der Waals surface area contributed by atoms with Gasteiger partial charge in [0.25, 0.3) is 0 Å². The average Bonchev–Trinajstić information content (AvgIpc) is 3.19. The fourth-order valence-electron chi connectivity index (χ4n) is 2.02. The maximum Gasteiger partial charge on any atom is 0.323 e. The van der Waals surface area contributed by atoms with Crippen molar-refractivity contribution in [3.63, 3.8) is 0 Å². The first-order valence-electron chi connectivity index (χ1n) is 6.16. The lowest BCUT2D eigenvalue weighted by Gasteiger charge is -2.15. The summed E-state index contributed by atoms with van der Waals surface area (Å²) in [5.41, 5.74) is 1.29. The SMILES string of the molecule is COC(=O)[C@@H](NCCc1ccccc1)C1CC1. The molecule has 0 bridgehead atoms. The van der Waals surface area contributed by atoms with E-state index in [9.17, 15) is 4.79 Å². The lowest BCUT2D eigenvalue weighted by atomic mass is 10.1. The molecule has 17 heavy (non-hydrogen) atoms. The molecule has 0 aliphatic heterocycles. The van der Waals surface area contributed by atoms with Crippen molar-refractivity contribution in [2.75, 3.05) is 13.7 Å². The Bertz CT molecular complexity index is 360. The lowest BCUT2D eigenvalue weighted by Crippen LogP contribution is -2.40. The predicted molar refractivity (Wildman–Crippen MR) is 66.7 cm³/mol. The lowest BCUT2D eigenvalue weighted by molar-refractivity contribution is -0.143. The number of benzene rings is 1. The van der Waals surface area contributed by atoms with Crippen molar-refractivity contribution in [1.29, 1.82) is 0 Å². The smallest absolute Gasteiger partial charge is 0.323 e. The molecule has 92 valence electrons. The molecule has 0 saturated heterocycles. The Balaban J connectivity index is 1.78. The summed E-state index contributed by atoms with van der Waals surface area (Å²) in [5, 5.41) is 3.31. The van der Waals surface area contributed by atoms with E-state index in [2.05, 4.69) is 17.4 Å². The molecule has 3 heteroatoms. The fourth-order valence-corrected chi connectivity index (χ4v) is 2.02. The second kappa shape index (κ2) is 5.82. The van der Waals surface area contributed by atoms with E-state index in [0.29, 0.717) is 5.92 Å². The van der Waals surface area contributed by atoms with Gasteiger partial charge in [0.15, 0.2) is 0 Å². The van der Waals surface area contributed by atoms with Crippen LogP contribution in [0, 0.1) is 5.92 Å². The number of carbonyl (C=O) groups is 1. The highest BCUT2D eigenvalue weighted by Crippen LogP contribution is 2.33. The van der Waals surface area contributed by atoms with Crippen LogP contribution in [0.15, 0.2) is 30.3 Å². The van der Waals surface area contributed by atoms with Crippen molar-refractivity contribution in [3.8, 4) is 0 Å². The Labute approximate surface area is 102 Å². The summed E-state index contributed by atoms with van der Waals surface area (Å²) in [6.07, 6.45) is 3.22. The van der Waals surface area contributed by atoms with Gasteiger partial charge in [0.05, 0.1) is 7.11 Å². The summed E-state index contributed by atoms with van der Waals surface area (Å²) in [7, 11) is 1.45. The third kappa shape index (κ3) is 3.56. The molecule has 0 amide bonds. The standard InChI is InChI=1S/C14H19NO2/c1-17-14(16)13(12-7-8-12)15-10-9-11-5-3-2-4-6-11/h2-6,12-13,15H,7-10H2,1H3/t13-/m0/s1. The molecule has 3 nitrogen and oxygen atoms in total. The zero-order valence-corrected chi connectivity index (χ0v) is 10.2. The largest absolute Gasteiger partial charge is 0.468 e. The van der Waals surface area contributed by atoms with Crippen LogP contribution in [0.1, 0.15) is 18.4 Å². The molecule has 0 radical (unpaired) electrons. The van der Waals surface area contributed by atoms with Crippen LogP contribution in [-0.2, 0) is 16.0 Å². The maximum absolute atomic E-state index is 11.6. The minimum atomic E-state index is -0.124. The van der Waals surface area contributed by atoms with Crippen LogP contribution in [-0.4, -0.2) is 25.7 Å². The van der Waals surface area contributed by atoms with Gasteiger partial charge >= 0.3 is 5.97 Å². The summed E-state index contributed by atoms with van der Waals surface area (Å²) in [4.78, 5) is 11.6. The van der Waals surface area contributed by atoms with Crippen LogP contribution in [0.25, 0.3) is 0 Å². The fraction of sp³-hybridized carbons (Fsp3) is 0.500. The molecule has 0 heterocycles. The number of rotatable bonds is 6. The van der Waals surface area contributed by atoms with Crippen LogP contribution in [0.3, 0.4) is 0 Å². The molecule has 0 aromatic heterocycles. The molecular weight excluding hydrogens is 214 g/mol. The quantitative estimate of drug-likeness (QED) is 0.761. The minimum Gasteiger partial charge on any atom is -0.468 e. The van der Waals surface area contributed by atoms with Gasteiger partial charge in [-0.25, -0.2) is 0 Å². The van der Waals surface area contributed by atoms with Crippen LogP contribution in [0.5, 0.6) is 0 Å². The van der Waals surface area contributed by atoms with Crippen LogP contribution in [0.4, 0.5) is 0 Å². The van der Waals surface area contributed by atoms with Crippen molar-refractivity contribution in [3.05, 3.63) is 35.9 Å². The number of esters is 1. The third-order valence-corrected chi connectivity index (χ3v) is 3.17. The maximum atomic E-state index is 11.6. The number of hydrogen-bond donors (Lipinski definition) is 1. The van der Waals surface area contributed by atoms with Gasteiger partial charge in [0.2, 0.25) is 0 Å². The summed E-state index contributed by atoms with van der Waals surface area (Å²) in [5.74, 6) is 0.360. The first-order valence-corrected chi connectivity index (χ1v) is 6.16. The Morgan fingerprint density at radius 1 is 1.41 bits per heavy atom. The summed E-state index contributed by atoms with van der Waals surface area (Å²) >= 11 is 0. The van der Waals surface area contributed by atoms with E-state index in [1.807, 2.05) is 18.2 Å². The summed E-state index contributed by atoms with van der Waals surface area (Å²) < 4.78 is 4.81. The molecule has 0 unspecified atom stereocenters. The molecule has 1 aliphatic carbocycles. The van der Waals surface area contributed by atoms with Gasteiger partial charge in [-0.2, -0.15) is 0 Å². The Morgan fingerprint density at radius 3 is 2.71 bits per heavy atom. The molecule has 2 rings (SSSR count). The third-order valence-electron chi connectivity index (χ3n) is 3.17. The Kier molecular flexibility index (Phi) is 4.15. The van der Waals surface area contributed by atoms with Gasteiger partial charge in [-0.3, -0.25) is 4.79 Å². The van der Waals surface area contributed by atoms with Crippen LogP contribution < -0.4 is 5.32 Å². The van der Waals surface area contributed by atoms with E-state index in [1.54, 1.807) is 0 Å². The zero-order chi connectivity index (χ0) is 12.1. The first kappa shape index (κ1) is 12.1. The minimum absolute atomic E-state index is 0.108. The van der Waals surface area contributed by atoms with E-state index in [-0.39, 0.29) is 12.0 Å². The predicted octanol–water partition coefficient (Wildman–Crippen LogP) is 1.77. The van der Waals surface area contributed by atoms with Crippen LogP contribution >= 0.6 is 0 Å². The zero-order valence-electron chi connectivity index (χ0n) is 10.2. The second-order valence-electron chi connectivity index (χ2n) is 4.53. The number of methoxy groups -OCH3 is 1. The molecule has 1 aromatic carbocycles. The first-order chi connectivity index (χ1) is 8.31. The highest BCUT2D eigenvalue weighted by molar-refractivity contribution is 5.76. The van der Waals surface area contributed by atoms with Gasteiger partial charge in [-0.15, -0.1) is 0 Å². The highest BCUT2D eigenvalue weighted by atomic mass is 16.5. The summed E-state index contributed by atoms with van der Waals surface area (Å²) in [6.45, 7) is 0.820. The molecule has 1 aromatic rings. The van der Waals surface area contributed by atoms with Crippen molar-refractivity contribution in [2.45, 2.75) is 25.3 Å².